The summed E-state index contributed by atoms with van der Waals surface area (Å²) < 4.78 is 5.56. The van der Waals surface area contributed by atoms with Crippen LogP contribution in [0.25, 0.3) is 11.5 Å². The van der Waals surface area contributed by atoms with Crippen molar-refractivity contribution in [3.63, 3.8) is 0 Å². The molecule has 1 aromatic carbocycles. The lowest BCUT2D eigenvalue weighted by Crippen LogP contribution is -2.36. The number of guanidine groups is 1. The van der Waals surface area contributed by atoms with E-state index in [-0.39, 0.29) is 29.4 Å². The highest BCUT2D eigenvalue weighted by Crippen LogP contribution is 2.23. The van der Waals surface area contributed by atoms with Gasteiger partial charge in [0.25, 0.3) is 0 Å². The van der Waals surface area contributed by atoms with Crippen molar-refractivity contribution in [3.05, 3.63) is 58.4 Å². The SMILES string of the molecule is CN=C(NCc1coc(-c2ccccc2)n1)NCc1nc(C(C)(C)C)cs1.I. The number of hydrogen-bond donors (Lipinski definition) is 2. The number of rotatable bonds is 5. The summed E-state index contributed by atoms with van der Waals surface area (Å²) in [5.74, 6) is 1.32. The topological polar surface area (TPSA) is 75.3 Å². The van der Waals surface area contributed by atoms with Crippen molar-refractivity contribution in [2.24, 2.45) is 4.99 Å². The van der Waals surface area contributed by atoms with Crippen LogP contribution in [0.1, 0.15) is 37.2 Å². The van der Waals surface area contributed by atoms with E-state index < -0.39 is 0 Å². The van der Waals surface area contributed by atoms with Crippen LogP contribution in [-0.2, 0) is 18.5 Å². The van der Waals surface area contributed by atoms with Gasteiger partial charge in [-0.1, -0.05) is 39.0 Å². The first-order valence-corrected chi connectivity index (χ1v) is 9.73. The first-order chi connectivity index (χ1) is 13.0. The van der Waals surface area contributed by atoms with Gasteiger partial charge in [0.05, 0.1) is 24.5 Å². The summed E-state index contributed by atoms with van der Waals surface area (Å²) in [4.78, 5) is 13.5. The summed E-state index contributed by atoms with van der Waals surface area (Å²) in [6.45, 7) is 7.67. The average Bonchev–Trinajstić information content (AvgIpc) is 3.32. The molecule has 150 valence electrons. The molecule has 0 amide bonds. The van der Waals surface area contributed by atoms with Crippen molar-refractivity contribution in [1.29, 1.82) is 0 Å². The molecule has 2 aromatic heterocycles. The minimum absolute atomic E-state index is 0. The number of halogens is 1. The minimum atomic E-state index is 0. The Morgan fingerprint density at radius 1 is 1.11 bits per heavy atom. The molecule has 0 aliphatic rings. The molecule has 28 heavy (non-hydrogen) atoms. The van der Waals surface area contributed by atoms with Crippen molar-refractivity contribution in [2.75, 3.05) is 7.05 Å². The van der Waals surface area contributed by atoms with Crippen molar-refractivity contribution in [1.82, 2.24) is 20.6 Å². The van der Waals surface area contributed by atoms with E-state index >= 15 is 0 Å². The van der Waals surface area contributed by atoms with Crippen molar-refractivity contribution < 1.29 is 4.42 Å². The molecule has 2 N–H and O–H groups in total. The molecule has 0 saturated heterocycles. The lowest BCUT2D eigenvalue weighted by molar-refractivity contribution is 0.570. The molecule has 3 aromatic rings. The Balaban J connectivity index is 0.00000280. The van der Waals surface area contributed by atoms with E-state index in [2.05, 4.69) is 51.7 Å². The molecule has 0 spiro atoms. The van der Waals surface area contributed by atoms with E-state index in [0.717, 1.165) is 22.0 Å². The quantitative estimate of drug-likeness (QED) is 0.298. The monoisotopic (exact) mass is 511 g/mol. The number of thiazole rings is 1. The van der Waals surface area contributed by atoms with E-state index in [9.17, 15) is 0 Å². The standard InChI is InChI=1S/C20H25N5OS.HI/c1-20(2,3)16-13-27-17(25-16)11-23-19(21-4)22-10-15-12-26-18(24-15)14-8-6-5-7-9-14;/h5-9,12-13H,10-11H2,1-4H3,(H2,21,22,23);1H. The van der Waals surface area contributed by atoms with Crippen LogP contribution in [-0.4, -0.2) is 23.0 Å². The van der Waals surface area contributed by atoms with Crippen LogP contribution in [0.5, 0.6) is 0 Å². The van der Waals surface area contributed by atoms with Crippen molar-refractivity contribution in [3.8, 4) is 11.5 Å². The number of aromatic nitrogens is 2. The first kappa shape index (κ1) is 22.4. The summed E-state index contributed by atoms with van der Waals surface area (Å²) in [6, 6.07) is 9.85. The van der Waals surface area contributed by atoms with Gasteiger partial charge in [-0.3, -0.25) is 4.99 Å². The predicted molar refractivity (Wildman–Crippen MR) is 125 cm³/mol. The Morgan fingerprint density at radius 3 is 2.46 bits per heavy atom. The predicted octanol–water partition coefficient (Wildman–Crippen LogP) is 4.58. The third kappa shape index (κ3) is 6.03. The van der Waals surface area contributed by atoms with E-state index in [4.69, 9.17) is 4.42 Å². The molecule has 0 aliphatic heterocycles. The smallest absolute Gasteiger partial charge is 0.226 e. The lowest BCUT2D eigenvalue weighted by atomic mass is 9.93. The van der Waals surface area contributed by atoms with Gasteiger partial charge in [-0.2, -0.15) is 0 Å². The van der Waals surface area contributed by atoms with Crippen LogP contribution in [0.2, 0.25) is 0 Å². The van der Waals surface area contributed by atoms with Crippen LogP contribution in [0.15, 0.2) is 51.4 Å². The Kier molecular flexibility index (Phi) is 7.99. The number of hydrogen-bond acceptors (Lipinski definition) is 5. The van der Waals surface area contributed by atoms with Gasteiger partial charge >= 0.3 is 0 Å². The molecule has 8 heteroatoms. The molecular formula is C20H26IN5OS. The Morgan fingerprint density at radius 2 is 1.82 bits per heavy atom. The summed E-state index contributed by atoms with van der Waals surface area (Å²) in [5, 5.41) is 9.70. The fourth-order valence-electron chi connectivity index (χ4n) is 2.39. The highest BCUT2D eigenvalue weighted by atomic mass is 127. The largest absolute Gasteiger partial charge is 0.444 e. The van der Waals surface area contributed by atoms with Crippen LogP contribution in [0, 0.1) is 0 Å². The van der Waals surface area contributed by atoms with Crippen molar-refractivity contribution in [2.45, 2.75) is 39.3 Å². The maximum atomic E-state index is 5.56. The number of nitrogens with zero attached hydrogens (tertiary/aromatic N) is 3. The molecule has 0 unspecified atom stereocenters. The Hall–Kier alpha value is -1.94. The van der Waals surface area contributed by atoms with E-state index in [1.165, 1.54) is 0 Å². The van der Waals surface area contributed by atoms with E-state index in [1.54, 1.807) is 24.6 Å². The van der Waals surface area contributed by atoms with Crippen LogP contribution in [0.3, 0.4) is 0 Å². The first-order valence-electron chi connectivity index (χ1n) is 8.85. The second kappa shape index (κ2) is 10.0. The Bertz CT molecular complexity index is 899. The molecule has 0 aliphatic carbocycles. The second-order valence-corrected chi connectivity index (χ2v) is 8.11. The lowest BCUT2D eigenvalue weighted by Gasteiger charge is -2.14. The summed E-state index contributed by atoms with van der Waals surface area (Å²) in [5.41, 5.74) is 2.96. The van der Waals surface area contributed by atoms with Gasteiger partial charge in [-0.25, -0.2) is 9.97 Å². The summed E-state index contributed by atoms with van der Waals surface area (Å²) in [7, 11) is 1.75. The summed E-state index contributed by atoms with van der Waals surface area (Å²) >= 11 is 1.66. The average molecular weight is 511 g/mol. The number of nitrogens with one attached hydrogen (secondary N) is 2. The zero-order valence-corrected chi connectivity index (χ0v) is 19.7. The van der Waals surface area contributed by atoms with E-state index in [0.29, 0.717) is 24.9 Å². The van der Waals surface area contributed by atoms with Gasteiger partial charge in [0, 0.05) is 23.4 Å². The molecule has 0 radical (unpaired) electrons. The van der Waals surface area contributed by atoms with Crippen LogP contribution >= 0.6 is 35.3 Å². The number of benzene rings is 1. The summed E-state index contributed by atoms with van der Waals surface area (Å²) in [6.07, 6.45) is 1.67. The van der Waals surface area contributed by atoms with Crippen LogP contribution in [0.4, 0.5) is 0 Å². The Labute approximate surface area is 186 Å². The highest BCUT2D eigenvalue weighted by Gasteiger charge is 2.17. The fraction of sp³-hybridized carbons (Fsp3) is 0.350. The zero-order chi connectivity index (χ0) is 19.3. The minimum Gasteiger partial charge on any atom is -0.444 e. The normalized spacial score (nSPS) is 11.8. The molecule has 2 heterocycles. The third-order valence-corrected chi connectivity index (χ3v) is 4.81. The van der Waals surface area contributed by atoms with Gasteiger partial charge in [0.2, 0.25) is 5.89 Å². The van der Waals surface area contributed by atoms with Gasteiger partial charge in [-0.05, 0) is 12.1 Å². The highest BCUT2D eigenvalue weighted by molar-refractivity contribution is 14.0. The molecule has 3 rings (SSSR count). The fourth-order valence-corrected chi connectivity index (χ4v) is 3.35. The van der Waals surface area contributed by atoms with E-state index in [1.807, 2.05) is 30.3 Å². The third-order valence-electron chi connectivity index (χ3n) is 3.96. The van der Waals surface area contributed by atoms with Crippen LogP contribution < -0.4 is 10.6 Å². The van der Waals surface area contributed by atoms with Crippen molar-refractivity contribution >= 4 is 41.3 Å². The number of oxazole rings is 1. The molecule has 0 saturated carbocycles. The molecular weight excluding hydrogens is 485 g/mol. The van der Waals surface area contributed by atoms with Gasteiger partial charge in [0.1, 0.15) is 11.3 Å². The molecule has 0 bridgehead atoms. The maximum absolute atomic E-state index is 5.56. The zero-order valence-electron chi connectivity index (χ0n) is 16.5. The molecule has 6 nitrogen and oxygen atoms in total. The molecule has 0 fully saturated rings. The van der Waals surface area contributed by atoms with Gasteiger partial charge < -0.3 is 15.1 Å². The van der Waals surface area contributed by atoms with Gasteiger partial charge in [0.15, 0.2) is 5.96 Å². The maximum Gasteiger partial charge on any atom is 0.226 e. The second-order valence-electron chi connectivity index (χ2n) is 7.17. The molecule has 0 atom stereocenters. The number of aliphatic imine (C=N–C) groups is 1. The van der Waals surface area contributed by atoms with Gasteiger partial charge in [-0.15, -0.1) is 35.3 Å².